The molecule has 2 heterocycles. The lowest BCUT2D eigenvalue weighted by Crippen LogP contribution is -2.30. The van der Waals surface area contributed by atoms with Crippen molar-refractivity contribution in [3.05, 3.63) is 71.3 Å². The van der Waals surface area contributed by atoms with Crippen LogP contribution in [0.1, 0.15) is 25.3 Å². The van der Waals surface area contributed by atoms with Crippen LogP contribution in [0, 0.1) is 0 Å². The molecule has 1 aromatic heterocycles. The molecule has 1 aliphatic rings. The zero-order valence-corrected chi connectivity index (χ0v) is 21.0. The normalized spacial score (nSPS) is 14.9. The molecule has 4 rings (SSSR count). The first-order valence-electron chi connectivity index (χ1n) is 10.8. The number of carboxylic acid groups (broad SMARTS) is 1. The fraction of sp³-hybridized carbons (Fsp3) is 0.200. The van der Waals surface area contributed by atoms with Crippen molar-refractivity contribution in [3.63, 3.8) is 0 Å². The average molecular weight is 510 g/mol. The number of amides is 1. The summed E-state index contributed by atoms with van der Waals surface area (Å²) in [5.41, 5.74) is 3.40. The molecule has 0 bridgehead atoms. The quantitative estimate of drug-likeness (QED) is 0.225. The smallest absolute Gasteiger partial charge is 0.305 e. The lowest BCUT2D eigenvalue weighted by molar-refractivity contribution is -0.137. The van der Waals surface area contributed by atoms with Gasteiger partial charge in [-0.1, -0.05) is 61.2 Å². The van der Waals surface area contributed by atoms with E-state index in [1.807, 2.05) is 60.4 Å². The number of carboxylic acids is 1. The van der Waals surface area contributed by atoms with Crippen LogP contribution in [0.4, 0.5) is 0 Å². The van der Waals surface area contributed by atoms with Crippen LogP contribution >= 0.6 is 35.7 Å². The van der Waals surface area contributed by atoms with Crippen LogP contribution in [0.2, 0.25) is 0 Å². The Kier molecular flexibility index (Phi) is 7.87. The second-order valence-corrected chi connectivity index (χ2v) is 10.4. The number of benzene rings is 2. The van der Waals surface area contributed by atoms with Crippen molar-refractivity contribution >= 4 is 58.0 Å². The summed E-state index contributed by atoms with van der Waals surface area (Å²) in [6.07, 6.45) is 4.65. The summed E-state index contributed by atoms with van der Waals surface area (Å²) in [7, 11) is 0. The Bertz CT molecular complexity index is 1240. The van der Waals surface area contributed by atoms with Gasteiger partial charge in [-0.05, 0) is 42.5 Å². The number of hydrogen-bond donors (Lipinski definition) is 1. The number of carbonyl (C=O) groups excluding carboxylic acids is 1. The number of carbonyl (C=O) groups is 2. The van der Waals surface area contributed by atoms with Gasteiger partial charge < -0.3 is 5.11 Å². The third-order valence-electron chi connectivity index (χ3n) is 5.07. The number of thiocarbonyl (C=S) groups is 1. The highest BCUT2D eigenvalue weighted by molar-refractivity contribution is 8.26. The molecule has 1 amide bonds. The first-order valence-corrected chi connectivity index (χ1v) is 13.0. The SMILES string of the molecule is CCCSc1ccc(-c2nn(-c3ccccc3)cc2C=C2SC(=S)N(CCC(=O)O)C2=O)cc1. The molecule has 0 aliphatic carbocycles. The summed E-state index contributed by atoms with van der Waals surface area (Å²) in [6, 6.07) is 18.1. The molecule has 1 N–H and O–H groups in total. The van der Waals surface area contributed by atoms with Crippen molar-refractivity contribution in [1.29, 1.82) is 0 Å². The first kappa shape index (κ1) is 24.3. The van der Waals surface area contributed by atoms with Crippen molar-refractivity contribution in [2.24, 2.45) is 0 Å². The zero-order chi connectivity index (χ0) is 24.1. The maximum atomic E-state index is 12.9. The Morgan fingerprint density at radius 2 is 1.91 bits per heavy atom. The van der Waals surface area contributed by atoms with Gasteiger partial charge in [0.25, 0.3) is 5.91 Å². The Labute approximate surface area is 212 Å². The fourth-order valence-corrected chi connectivity index (χ4v) is 5.47. The van der Waals surface area contributed by atoms with E-state index in [1.165, 1.54) is 21.6 Å². The molecule has 0 radical (unpaired) electrons. The molecule has 174 valence electrons. The number of rotatable bonds is 9. The number of para-hydroxylation sites is 1. The molecule has 0 saturated carbocycles. The molecule has 6 nitrogen and oxygen atoms in total. The predicted octanol–water partition coefficient (Wildman–Crippen LogP) is 5.72. The number of thioether (sulfide) groups is 2. The van der Waals surface area contributed by atoms with E-state index in [1.54, 1.807) is 10.8 Å². The molecule has 3 aromatic rings. The van der Waals surface area contributed by atoms with E-state index >= 15 is 0 Å². The van der Waals surface area contributed by atoms with Crippen LogP contribution < -0.4 is 0 Å². The van der Waals surface area contributed by atoms with Gasteiger partial charge in [-0.2, -0.15) is 5.10 Å². The van der Waals surface area contributed by atoms with Gasteiger partial charge in [0.2, 0.25) is 0 Å². The Hall–Kier alpha value is -2.88. The molecular formula is C25H23N3O3S3. The maximum Gasteiger partial charge on any atom is 0.305 e. The second kappa shape index (κ2) is 11.0. The predicted molar refractivity (Wildman–Crippen MR) is 142 cm³/mol. The van der Waals surface area contributed by atoms with Crippen molar-refractivity contribution < 1.29 is 14.7 Å². The Morgan fingerprint density at radius 3 is 2.59 bits per heavy atom. The van der Waals surface area contributed by atoms with Gasteiger partial charge in [-0.25, -0.2) is 4.68 Å². The lowest BCUT2D eigenvalue weighted by atomic mass is 10.1. The van der Waals surface area contributed by atoms with Gasteiger partial charge >= 0.3 is 5.97 Å². The number of aromatic nitrogens is 2. The third kappa shape index (κ3) is 5.60. The summed E-state index contributed by atoms with van der Waals surface area (Å²) in [5, 5.41) is 13.8. The van der Waals surface area contributed by atoms with Gasteiger partial charge in [0.1, 0.15) is 4.32 Å². The van der Waals surface area contributed by atoms with Crippen LogP contribution in [0.3, 0.4) is 0 Å². The van der Waals surface area contributed by atoms with E-state index in [4.69, 9.17) is 22.4 Å². The number of hydrogen-bond acceptors (Lipinski definition) is 6. The molecule has 34 heavy (non-hydrogen) atoms. The van der Waals surface area contributed by atoms with Crippen LogP contribution in [0.5, 0.6) is 0 Å². The molecule has 0 spiro atoms. The van der Waals surface area contributed by atoms with Crippen molar-refractivity contribution in [2.45, 2.75) is 24.7 Å². The van der Waals surface area contributed by atoms with Gasteiger partial charge in [-0.15, -0.1) is 11.8 Å². The van der Waals surface area contributed by atoms with E-state index in [0.717, 1.165) is 34.7 Å². The summed E-state index contributed by atoms with van der Waals surface area (Å²) in [4.78, 5) is 26.9. The summed E-state index contributed by atoms with van der Waals surface area (Å²) in [6.45, 7) is 2.22. The van der Waals surface area contributed by atoms with Crippen LogP contribution in [0.15, 0.2) is 70.6 Å². The minimum atomic E-state index is -0.968. The maximum absolute atomic E-state index is 12.9. The van der Waals surface area contributed by atoms with E-state index in [2.05, 4.69) is 19.1 Å². The van der Waals surface area contributed by atoms with Gasteiger partial charge in [0.15, 0.2) is 0 Å². The fourth-order valence-electron chi connectivity index (χ4n) is 3.40. The standard InChI is InChI=1S/C25H23N3O3S3/c1-2-14-33-20-10-8-17(9-11-20)23-18(16-28(26-23)19-6-4-3-5-7-19)15-21-24(31)27(25(32)34-21)13-12-22(29)30/h3-11,15-16H,2,12-14H2,1H3,(H,29,30). The highest BCUT2D eigenvalue weighted by Crippen LogP contribution is 2.35. The average Bonchev–Trinajstić information content (AvgIpc) is 3.38. The molecular weight excluding hydrogens is 486 g/mol. The zero-order valence-electron chi connectivity index (χ0n) is 18.5. The molecule has 9 heteroatoms. The van der Waals surface area contributed by atoms with E-state index in [-0.39, 0.29) is 18.9 Å². The van der Waals surface area contributed by atoms with Crippen LogP contribution in [0.25, 0.3) is 23.0 Å². The minimum absolute atomic E-state index is 0.0599. The van der Waals surface area contributed by atoms with Crippen LogP contribution in [-0.2, 0) is 9.59 Å². The van der Waals surface area contributed by atoms with Crippen LogP contribution in [-0.4, -0.2) is 48.3 Å². The van der Waals surface area contributed by atoms with Gasteiger partial charge in [-0.3, -0.25) is 14.5 Å². The molecule has 1 saturated heterocycles. The van der Waals surface area contributed by atoms with E-state index in [9.17, 15) is 9.59 Å². The van der Waals surface area contributed by atoms with Crippen molar-refractivity contribution in [3.8, 4) is 16.9 Å². The number of aliphatic carboxylic acids is 1. The first-order chi connectivity index (χ1) is 16.5. The Balaban J connectivity index is 1.70. The topological polar surface area (TPSA) is 75.4 Å². The highest BCUT2D eigenvalue weighted by Gasteiger charge is 2.32. The largest absolute Gasteiger partial charge is 0.481 e. The summed E-state index contributed by atoms with van der Waals surface area (Å²) < 4.78 is 2.17. The highest BCUT2D eigenvalue weighted by atomic mass is 32.2. The molecule has 0 unspecified atom stereocenters. The monoisotopic (exact) mass is 509 g/mol. The lowest BCUT2D eigenvalue weighted by Gasteiger charge is -2.12. The van der Waals surface area contributed by atoms with Crippen molar-refractivity contribution in [2.75, 3.05) is 12.3 Å². The van der Waals surface area contributed by atoms with Gasteiger partial charge in [0.05, 0.1) is 22.7 Å². The number of nitrogens with zero attached hydrogens (tertiary/aromatic N) is 3. The van der Waals surface area contributed by atoms with Gasteiger partial charge in [0, 0.05) is 28.8 Å². The third-order valence-corrected chi connectivity index (χ3v) is 7.67. The van der Waals surface area contributed by atoms with E-state index in [0.29, 0.717) is 9.23 Å². The Morgan fingerprint density at radius 1 is 1.18 bits per heavy atom. The molecule has 1 fully saturated rings. The second-order valence-electron chi connectivity index (χ2n) is 7.56. The molecule has 2 aromatic carbocycles. The van der Waals surface area contributed by atoms with E-state index < -0.39 is 5.97 Å². The van der Waals surface area contributed by atoms with Crippen molar-refractivity contribution in [1.82, 2.24) is 14.7 Å². The summed E-state index contributed by atoms with van der Waals surface area (Å²) in [5.74, 6) is -0.178. The minimum Gasteiger partial charge on any atom is -0.481 e. The molecule has 1 aliphatic heterocycles. The molecule has 0 atom stereocenters. The summed E-state index contributed by atoms with van der Waals surface area (Å²) >= 11 is 8.33.